The van der Waals surface area contributed by atoms with Crippen molar-refractivity contribution in [1.82, 2.24) is 0 Å². The van der Waals surface area contributed by atoms with Crippen LogP contribution < -0.4 is 15.4 Å². The Morgan fingerprint density at radius 2 is 1.78 bits per heavy atom. The summed E-state index contributed by atoms with van der Waals surface area (Å²) in [6.45, 7) is 0. The van der Waals surface area contributed by atoms with Crippen LogP contribution in [0.5, 0.6) is 5.75 Å². The Morgan fingerprint density at radius 3 is 2.39 bits per heavy atom. The fourth-order valence-corrected chi connectivity index (χ4v) is 1.81. The number of methoxy groups -OCH3 is 1. The normalized spacial score (nSPS) is 10.2. The van der Waals surface area contributed by atoms with Gasteiger partial charge in [-0.1, -0.05) is 6.07 Å². The first-order valence-electron chi connectivity index (χ1n) is 5.55. The Kier molecular flexibility index (Phi) is 3.37. The van der Waals surface area contributed by atoms with E-state index in [0.717, 1.165) is 11.4 Å². The van der Waals surface area contributed by atoms with E-state index >= 15 is 0 Å². The molecule has 2 aromatic rings. The first-order chi connectivity index (χ1) is 8.63. The van der Waals surface area contributed by atoms with Crippen molar-refractivity contribution in [3.05, 3.63) is 48.3 Å². The van der Waals surface area contributed by atoms with Gasteiger partial charge in [0.1, 0.15) is 11.6 Å². The molecule has 4 heteroatoms. The van der Waals surface area contributed by atoms with Crippen LogP contribution in [-0.2, 0) is 0 Å². The average molecular weight is 246 g/mol. The molecule has 0 amide bonds. The van der Waals surface area contributed by atoms with Crippen LogP contribution in [0.2, 0.25) is 0 Å². The second kappa shape index (κ2) is 4.96. The third-order valence-electron chi connectivity index (χ3n) is 2.84. The number of hydrogen-bond acceptors (Lipinski definition) is 3. The van der Waals surface area contributed by atoms with E-state index in [9.17, 15) is 4.39 Å². The maximum atomic E-state index is 12.9. The van der Waals surface area contributed by atoms with Crippen molar-refractivity contribution in [1.29, 1.82) is 0 Å². The predicted octanol–water partition coefficient (Wildman–Crippen LogP) is 3.18. The van der Waals surface area contributed by atoms with Crippen LogP contribution in [0.4, 0.5) is 21.5 Å². The van der Waals surface area contributed by atoms with Crippen molar-refractivity contribution in [2.45, 2.75) is 0 Å². The molecule has 94 valence electrons. The molecule has 0 unspecified atom stereocenters. The van der Waals surface area contributed by atoms with Crippen LogP contribution in [-0.4, -0.2) is 14.2 Å². The van der Waals surface area contributed by atoms with Gasteiger partial charge >= 0.3 is 0 Å². The molecule has 0 aliphatic rings. The Balaban J connectivity index is 2.39. The quantitative estimate of drug-likeness (QED) is 0.845. The lowest BCUT2D eigenvalue weighted by atomic mass is 10.2. The molecule has 0 radical (unpaired) electrons. The molecule has 0 aliphatic carbocycles. The van der Waals surface area contributed by atoms with Gasteiger partial charge in [0, 0.05) is 12.7 Å². The SMILES string of the molecule is COc1cccc(N(C)c2ccc(F)cc2)c1N. The molecule has 0 spiro atoms. The van der Waals surface area contributed by atoms with Crippen molar-refractivity contribution in [2.24, 2.45) is 0 Å². The van der Waals surface area contributed by atoms with Crippen LogP contribution >= 0.6 is 0 Å². The molecule has 2 rings (SSSR count). The number of rotatable bonds is 3. The lowest BCUT2D eigenvalue weighted by molar-refractivity contribution is 0.417. The largest absolute Gasteiger partial charge is 0.495 e. The molecule has 0 bridgehead atoms. The fourth-order valence-electron chi connectivity index (χ4n) is 1.81. The summed E-state index contributed by atoms with van der Waals surface area (Å²) in [6.07, 6.45) is 0. The van der Waals surface area contributed by atoms with Gasteiger partial charge in [-0.2, -0.15) is 0 Å². The van der Waals surface area contributed by atoms with Gasteiger partial charge in [-0.15, -0.1) is 0 Å². The first kappa shape index (κ1) is 12.2. The Hall–Kier alpha value is -2.23. The molecule has 0 aromatic heterocycles. The fraction of sp³-hybridized carbons (Fsp3) is 0.143. The lowest BCUT2D eigenvalue weighted by Gasteiger charge is -2.22. The van der Waals surface area contributed by atoms with E-state index in [0.29, 0.717) is 11.4 Å². The summed E-state index contributed by atoms with van der Waals surface area (Å²) in [5.74, 6) is 0.368. The van der Waals surface area contributed by atoms with E-state index in [1.165, 1.54) is 12.1 Å². The van der Waals surface area contributed by atoms with Crippen molar-refractivity contribution in [2.75, 3.05) is 24.8 Å². The van der Waals surface area contributed by atoms with Crippen molar-refractivity contribution >= 4 is 17.1 Å². The molecule has 0 saturated carbocycles. The zero-order chi connectivity index (χ0) is 13.1. The van der Waals surface area contributed by atoms with Gasteiger partial charge in [0.2, 0.25) is 0 Å². The molecular formula is C14H15FN2O. The number of nitrogens with zero attached hydrogens (tertiary/aromatic N) is 1. The minimum atomic E-state index is -0.259. The number of anilines is 3. The molecular weight excluding hydrogens is 231 g/mol. The highest BCUT2D eigenvalue weighted by molar-refractivity contribution is 5.78. The van der Waals surface area contributed by atoms with E-state index in [1.807, 2.05) is 24.1 Å². The summed E-state index contributed by atoms with van der Waals surface area (Å²) >= 11 is 0. The van der Waals surface area contributed by atoms with Crippen molar-refractivity contribution in [3.8, 4) is 5.75 Å². The zero-order valence-electron chi connectivity index (χ0n) is 10.4. The highest BCUT2D eigenvalue weighted by atomic mass is 19.1. The summed E-state index contributed by atoms with van der Waals surface area (Å²) in [5, 5.41) is 0. The molecule has 2 N–H and O–H groups in total. The van der Waals surface area contributed by atoms with Gasteiger partial charge in [-0.3, -0.25) is 0 Å². The van der Waals surface area contributed by atoms with E-state index in [1.54, 1.807) is 25.3 Å². The number of hydrogen-bond donors (Lipinski definition) is 1. The van der Waals surface area contributed by atoms with E-state index < -0.39 is 0 Å². The van der Waals surface area contributed by atoms with Gasteiger partial charge in [0.25, 0.3) is 0 Å². The van der Waals surface area contributed by atoms with Gasteiger partial charge in [0.15, 0.2) is 0 Å². The number of halogens is 1. The monoisotopic (exact) mass is 246 g/mol. The topological polar surface area (TPSA) is 38.5 Å². The summed E-state index contributed by atoms with van der Waals surface area (Å²) in [7, 11) is 3.45. The van der Waals surface area contributed by atoms with Crippen molar-refractivity contribution in [3.63, 3.8) is 0 Å². The number of benzene rings is 2. The number of para-hydroxylation sites is 1. The minimum Gasteiger partial charge on any atom is -0.495 e. The average Bonchev–Trinajstić information content (AvgIpc) is 2.39. The predicted molar refractivity (Wildman–Crippen MR) is 71.9 cm³/mol. The lowest BCUT2D eigenvalue weighted by Crippen LogP contribution is -2.12. The second-order valence-electron chi connectivity index (χ2n) is 3.93. The standard InChI is InChI=1S/C14H15FN2O/c1-17(11-8-6-10(15)7-9-11)12-4-3-5-13(18-2)14(12)16/h3-9H,16H2,1-2H3. The summed E-state index contributed by atoms with van der Waals surface area (Å²) in [4.78, 5) is 1.89. The van der Waals surface area contributed by atoms with Gasteiger partial charge in [-0.25, -0.2) is 4.39 Å². The molecule has 0 atom stereocenters. The molecule has 2 aromatic carbocycles. The van der Waals surface area contributed by atoms with Gasteiger partial charge in [-0.05, 0) is 36.4 Å². The first-order valence-corrected chi connectivity index (χ1v) is 5.55. The molecule has 0 heterocycles. The maximum absolute atomic E-state index is 12.9. The Morgan fingerprint density at radius 1 is 1.11 bits per heavy atom. The minimum absolute atomic E-state index is 0.259. The third kappa shape index (κ3) is 2.22. The Labute approximate surface area is 106 Å². The molecule has 3 nitrogen and oxygen atoms in total. The summed E-state index contributed by atoms with van der Waals surface area (Å²) < 4.78 is 18.1. The van der Waals surface area contributed by atoms with Crippen LogP contribution in [0.25, 0.3) is 0 Å². The number of nitrogen functional groups attached to an aromatic ring is 1. The van der Waals surface area contributed by atoms with E-state index in [-0.39, 0.29) is 5.82 Å². The summed E-state index contributed by atoms with van der Waals surface area (Å²) in [5.41, 5.74) is 8.26. The van der Waals surface area contributed by atoms with Crippen molar-refractivity contribution < 1.29 is 9.13 Å². The highest BCUT2D eigenvalue weighted by Crippen LogP contribution is 2.34. The van der Waals surface area contributed by atoms with Crippen LogP contribution in [0.3, 0.4) is 0 Å². The van der Waals surface area contributed by atoms with E-state index in [4.69, 9.17) is 10.5 Å². The summed E-state index contributed by atoms with van der Waals surface area (Å²) in [6, 6.07) is 11.8. The van der Waals surface area contributed by atoms with Gasteiger partial charge < -0.3 is 15.4 Å². The smallest absolute Gasteiger partial charge is 0.143 e. The maximum Gasteiger partial charge on any atom is 0.143 e. The number of ether oxygens (including phenoxy) is 1. The Bertz CT molecular complexity index is 540. The number of nitrogens with two attached hydrogens (primary N) is 1. The van der Waals surface area contributed by atoms with Crippen LogP contribution in [0.15, 0.2) is 42.5 Å². The third-order valence-corrected chi connectivity index (χ3v) is 2.84. The van der Waals surface area contributed by atoms with Gasteiger partial charge in [0.05, 0.1) is 18.5 Å². The molecule has 18 heavy (non-hydrogen) atoms. The zero-order valence-corrected chi connectivity index (χ0v) is 10.4. The van der Waals surface area contributed by atoms with Crippen LogP contribution in [0.1, 0.15) is 0 Å². The van der Waals surface area contributed by atoms with E-state index in [2.05, 4.69) is 0 Å². The highest BCUT2D eigenvalue weighted by Gasteiger charge is 2.10. The molecule has 0 saturated heterocycles. The van der Waals surface area contributed by atoms with Crippen LogP contribution in [0, 0.1) is 5.82 Å². The molecule has 0 aliphatic heterocycles. The second-order valence-corrected chi connectivity index (χ2v) is 3.93. The molecule has 0 fully saturated rings.